The molecule has 1 aliphatic heterocycles. The third-order valence-electron chi connectivity index (χ3n) is 3.61. The van der Waals surface area contributed by atoms with Crippen molar-refractivity contribution in [3.05, 3.63) is 29.3 Å². The average Bonchev–Trinajstić information content (AvgIpc) is 2.83. The van der Waals surface area contributed by atoms with Gasteiger partial charge in [0, 0.05) is 11.2 Å². The van der Waals surface area contributed by atoms with Gasteiger partial charge in [-0.3, -0.25) is 0 Å². The van der Waals surface area contributed by atoms with Crippen molar-refractivity contribution in [1.82, 2.24) is 0 Å². The van der Waals surface area contributed by atoms with Gasteiger partial charge in [-0.25, -0.2) is 13.6 Å². The van der Waals surface area contributed by atoms with Crippen molar-refractivity contribution >= 4 is 21.9 Å². The molecule has 0 aromatic heterocycles. The molecule has 1 fully saturated rings. The van der Waals surface area contributed by atoms with Crippen molar-refractivity contribution in [3.63, 3.8) is 0 Å². The molecule has 1 saturated carbocycles. The van der Waals surface area contributed by atoms with E-state index in [4.69, 9.17) is 0 Å². The second-order valence-electron chi connectivity index (χ2n) is 4.36. The Morgan fingerprint density at radius 3 is 2.50 bits per heavy atom. The Morgan fingerprint density at radius 2 is 1.89 bits per heavy atom. The Kier molecular flexibility index (Phi) is 2.19. The van der Waals surface area contributed by atoms with Crippen LogP contribution in [-0.2, 0) is 10.4 Å². The number of benzene rings is 1. The first-order valence-electron chi connectivity index (χ1n) is 5.10. The fourth-order valence-corrected chi connectivity index (χ4v) is 3.50. The highest BCUT2D eigenvalue weighted by molar-refractivity contribution is 9.09. The number of hydrogen-bond acceptors (Lipinski definition) is 4. The second kappa shape index (κ2) is 3.28. The fourth-order valence-electron chi connectivity index (χ4n) is 2.56. The summed E-state index contributed by atoms with van der Waals surface area (Å²) in [5.74, 6) is -4.70. The first kappa shape index (κ1) is 12.0. The van der Waals surface area contributed by atoms with Crippen LogP contribution in [0.15, 0.2) is 12.1 Å². The Balaban J connectivity index is 2.30. The minimum Gasteiger partial charge on any atom is -0.421 e. The van der Waals surface area contributed by atoms with E-state index in [-0.39, 0.29) is 5.33 Å². The van der Waals surface area contributed by atoms with Gasteiger partial charge >= 0.3 is 5.97 Å². The maximum absolute atomic E-state index is 13.7. The SMILES string of the molecule is O=C1Oc2c(F)ccc(F)c2[C@@]2(O)[C@H](CBr)[C@]12O. The van der Waals surface area contributed by atoms with Crippen LogP contribution in [0.4, 0.5) is 8.78 Å². The van der Waals surface area contributed by atoms with Crippen LogP contribution in [0, 0.1) is 17.6 Å². The Morgan fingerprint density at radius 1 is 1.28 bits per heavy atom. The number of carbonyl (C=O) groups excluding carboxylic acids is 1. The van der Waals surface area contributed by atoms with E-state index in [0.717, 1.165) is 12.1 Å². The molecule has 0 bridgehead atoms. The zero-order valence-electron chi connectivity index (χ0n) is 8.78. The number of ether oxygens (including phenoxy) is 1. The number of rotatable bonds is 1. The average molecular weight is 321 g/mol. The lowest BCUT2D eigenvalue weighted by Gasteiger charge is -2.24. The Bertz CT molecular complexity index is 578. The molecular formula is C11H7BrF2O4. The lowest BCUT2D eigenvalue weighted by Crippen LogP contribution is -2.41. The predicted octanol–water partition coefficient (Wildman–Crippen LogP) is 0.827. The third-order valence-corrected chi connectivity index (χ3v) is 4.25. The van der Waals surface area contributed by atoms with Gasteiger partial charge < -0.3 is 14.9 Å². The minimum atomic E-state index is -2.22. The molecule has 0 radical (unpaired) electrons. The van der Waals surface area contributed by atoms with Crippen LogP contribution in [0.3, 0.4) is 0 Å². The quantitative estimate of drug-likeness (QED) is 0.457. The number of alkyl halides is 1. The number of aliphatic hydroxyl groups is 2. The second-order valence-corrected chi connectivity index (χ2v) is 5.01. The highest BCUT2D eigenvalue weighted by Crippen LogP contribution is 2.66. The molecule has 0 spiro atoms. The van der Waals surface area contributed by atoms with Crippen molar-refractivity contribution in [2.45, 2.75) is 11.2 Å². The van der Waals surface area contributed by atoms with Gasteiger partial charge in [0.25, 0.3) is 0 Å². The van der Waals surface area contributed by atoms with Gasteiger partial charge in [-0.15, -0.1) is 0 Å². The van der Waals surface area contributed by atoms with E-state index < -0.39 is 46.0 Å². The standard InChI is InChI=1S/C11H7BrF2O4/c12-3-6-10(16)7-4(13)1-2-5(14)8(7)18-9(15)11(6,10)17/h1-2,6,16-17H,3H2/t6-,10-,11-/m0/s1. The highest BCUT2D eigenvalue weighted by Gasteiger charge is 2.85. The van der Waals surface area contributed by atoms with Gasteiger partial charge in [0.05, 0.1) is 5.56 Å². The third kappa shape index (κ3) is 1.04. The van der Waals surface area contributed by atoms with E-state index in [2.05, 4.69) is 20.7 Å². The number of carbonyl (C=O) groups is 1. The van der Waals surface area contributed by atoms with Crippen LogP contribution in [-0.4, -0.2) is 27.1 Å². The topological polar surface area (TPSA) is 66.8 Å². The van der Waals surface area contributed by atoms with E-state index >= 15 is 0 Å². The normalized spacial score (nSPS) is 36.7. The van der Waals surface area contributed by atoms with Crippen LogP contribution < -0.4 is 4.74 Å². The molecule has 0 saturated heterocycles. The van der Waals surface area contributed by atoms with Crippen molar-refractivity contribution in [3.8, 4) is 5.75 Å². The molecule has 7 heteroatoms. The first-order valence-corrected chi connectivity index (χ1v) is 6.22. The molecule has 2 aliphatic rings. The van der Waals surface area contributed by atoms with Crippen LogP contribution in [0.5, 0.6) is 5.75 Å². The minimum absolute atomic E-state index is 0.0461. The first-order chi connectivity index (χ1) is 8.39. The molecule has 1 aromatic carbocycles. The van der Waals surface area contributed by atoms with Crippen LogP contribution in [0.25, 0.3) is 0 Å². The van der Waals surface area contributed by atoms with Gasteiger partial charge in [0.1, 0.15) is 11.4 Å². The Hall–Kier alpha value is -1.05. The summed E-state index contributed by atoms with van der Waals surface area (Å²) in [7, 11) is 0. The molecule has 1 aliphatic carbocycles. The van der Waals surface area contributed by atoms with Crippen molar-refractivity contribution < 1.29 is 28.5 Å². The van der Waals surface area contributed by atoms with Crippen molar-refractivity contribution in [2.75, 3.05) is 5.33 Å². The fraction of sp³-hybridized carbons (Fsp3) is 0.364. The zero-order chi connectivity index (χ0) is 13.3. The summed E-state index contributed by atoms with van der Waals surface area (Å²) in [6.07, 6.45) is 0. The van der Waals surface area contributed by atoms with Crippen LogP contribution in [0.2, 0.25) is 0 Å². The summed E-state index contributed by atoms with van der Waals surface area (Å²) < 4.78 is 31.8. The summed E-state index contributed by atoms with van der Waals surface area (Å²) in [6, 6.07) is 1.61. The largest absolute Gasteiger partial charge is 0.421 e. The van der Waals surface area contributed by atoms with Gasteiger partial charge in [-0.05, 0) is 12.1 Å². The van der Waals surface area contributed by atoms with Crippen molar-refractivity contribution in [1.29, 1.82) is 0 Å². The number of fused-ring (bicyclic) bond motifs is 3. The highest BCUT2D eigenvalue weighted by atomic mass is 79.9. The van der Waals surface area contributed by atoms with Crippen LogP contribution >= 0.6 is 15.9 Å². The summed E-state index contributed by atoms with van der Waals surface area (Å²) in [6.45, 7) is 0. The molecule has 2 N–H and O–H groups in total. The summed E-state index contributed by atoms with van der Waals surface area (Å²) in [4.78, 5) is 11.6. The molecule has 96 valence electrons. The molecule has 1 heterocycles. The van der Waals surface area contributed by atoms with Gasteiger partial charge in [0.2, 0.25) is 5.60 Å². The predicted molar refractivity (Wildman–Crippen MR) is 58.1 cm³/mol. The van der Waals surface area contributed by atoms with Gasteiger partial charge in [-0.1, -0.05) is 15.9 Å². The molecule has 3 atom stereocenters. The van der Waals surface area contributed by atoms with Crippen molar-refractivity contribution in [2.24, 2.45) is 5.92 Å². The van der Waals surface area contributed by atoms with Crippen LogP contribution in [0.1, 0.15) is 5.56 Å². The summed E-state index contributed by atoms with van der Waals surface area (Å²) in [5, 5.41) is 20.4. The zero-order valence-corrected chi connectivity index (χ0v) is 10.4. The molecule has 0 unspecified atom stereocenters. The molecule has 1 aromatic rings. The van der Waals surface area contributed by atoms with E-state index in [1.54, 1.807) is 0 Å². The monoisotopic (exact) mass is 320 g/mol. The molecule has 18 heavy (non-hydrogen) atoms. The van der Waals surface area contributed by atoms with E-state index in [1.807, 2.05) is 0 Å². The van der Waals surface area contributed by atoms with E-state index in [9.17, 15) is 23.8 Å². The van der Waals surface area contributed by atoms with Gasteiger partial charge in [-0.2, -0.15) is 0 Å². The number of esters is 1. The summed E-state index contributed by atoms with van der Waals surface area (Å²) in [5.41, 5.74) is -4.88. The van der Waals surface area contributed by atoms with Gasteiger partial charge in [0.15, 0.2) is 11.6 Å². The molecule has 4 nitrogen and oxygen atoms in total. The lowest BCUT2D eigenvalue weighted by molar-refractivity contribution is -0.155. The summed E-state index contributed by atoms with van der Waals surface area (Å²) >= 11 is 3.02. The number of hydrogen-bond donors (Lipinski definition) is 2. The van der Waals surface area contributed by atoms with E-state index in [1.165, 1.54) is 0 Å². The van der Waals surface area contributed by atoms with E-state index in [0.29, 0.717) is 0 Å². The molecule has 3 rings (SSSR count). The Labute approximate surface area is 108 Å². The maximum Gasteiger partial charge on any atom is 0.347 e. The lowest BCUT2D eigenvalue weighted by atomic mass is 9.99. The maximum atomic E-state index is 13.7. The molecular weight excluding hydrogens is 314 g/mol. The smallest absolute Gasteiger partial charge is 0.347 e. The number of halogens is 3. The molecule has 0 amide bonds.